The second kappa shape index (κ2) is 8.39. The lowest BCUT2D eigenvalue weighted by molar-refractivity contribution is 0.0657. The Balaban J connectivity index is 1.93. The number of hydrogen-bond acceptors (Lipinski definition) is 4. The first kappa shape index (κ1) is 20.7. The van der Waals surface area contributed by atoms with Gasteiger partial charge in [0, 0.05) is 26.7 Å². The van der Waals surface area contributed by atoms with E-state index < -0.39 is 14.6 Å². The van der Waals surface area contributed by atoms with Gasteiger partial charge in [0.2, 0.25) is 0 Å². The molecule has 1 aliphatic rings. The van der Waals surface area contributed by atoms with Crippen molar-refractivity contribution in [2.45, 2.75) is 51.7 Å². The third-order valence-corrected chi connectivity index (χ3v) is 7.14. The highest BCUT2D eigenvalue weighted by Gasteiger charge is 2.40. The van der Waals surface area contributed by atoms with Crippen molar-refractivity contribution >= 4 is 15.8 Å². The fourth-order valence-electron chi connectivity index (χ4n) is 2.85. The Morgan fingerprint density at radius 1 is 1.27 bits per heavy atom. The van der Waals surface area contributed by atoms with Crippen LogP contribution in [-0.4, -0.2) is 56.0 Å². The summed E-state index contributed by atoms with van der Waals surface area (Å²) in [6.45, 7) is 9.77. The number of ether oxygens (including phenoxy) is 1. The van der Waals surface area contributed by atoms with E-state index in [-0.39, 0.29) is 11.9 Å². The van der Waals surface area contributed by atoms with Gasteiger partial charge in [0.05, 0.1) is 23.2 Å². The van der Waals surface area contributed by atoms with E-state index in [9.17, 15) is 8.42 Å². The molecule has 0 atom stereocenters. The summed E-state index contributed by atoms with van der Waals surface area (Å²) in [4.78, 5) is 6.34. The molecule has 0 radical (unpaired) electrons. The molecule has 1 aliphatic heterocycles. The SMILES string of the molecule is CN=C(NCc1ccc(COC(C)C)cc1)N1CCS(=O)(=O)C(C)(C)C1. The van der Waals surface area contributed by atoms with Crippen LogP contribution >= 0.6 is 0 Å². The number of hydrogen-bond donors (Lipinski definition) is 1. The van der Waals surface area contributed by atoms with Crippen LogP contribution in [-0.2, 0) is 27.7 Å². The minimum atomic E-state index is -3.06. The number of rotatable bonds is 5. The number of benzene rings is 1. The molecule has 146 valence electrons. The molecule has 0 aliphatic carbocycles. The van der Waals surface area contributed by atoms with E-state index in [1.807, 2.05) is 18.7 Å². The fourth-order valence-corrected chi connectivity index (χ4v) is 4.22. The minimum absolute atomic E-state index is 0.158. The highest BCUT2D eigenvalue weighted by atomic mass is 32.2. The van der Waals surface area contributed by atoms with Crippen molar-refractivity contribution in [3.8, 4) is 0 Å². The second-order valence-corrected chi connectivity index (χ2v) is 10.3. The first-order chi connectivity index (χ1) is 12.1. The third kappa shape index (κ3) is 5.20. The highest BCUT2D eigenvalue weighted by molar-refractivity contribution is 7.92. The third-order valence-electron chi connectivity index (χ3n) is 4.61. The largest absolute Gasteiger partial charge is 0.374 e. The molecule has 6 nitrogen and oxygen atoms in total. The Bertz CT molecular complexity index is 725. The number of guanidine groups is 1. The molecule has 0 unspecified atom stereocenters. The van der Waals surface area contributed by atoms with Crippen molar-refractivity contribution in [2.24, 2.45) is 4.99 Å². The van der Waals surface area contributed by atoms with Crippen LogP contribution in [0.1, 0.15) is 38.8 Å². The molecule has 1 aromatic carbocycles. The maximum atomic E-state index is 12.2. The molecule has 1 saturated heterocycles. The molecule has 1 aromatic rings. The summed E-state index contributed by atoms with van der Waals surface area (Å²) in [5.41, 5.74) is 2.29. The van der Waals surface area contributed by atoms with Gasteiger partial charge >= 0.3 is 0 Å². The van der Waals surface area contributed by atoms with Gasteiger partial charge in [0.25, 0.3) is 0 Å². The summed E-state index contributed by atoms with van der Waals surface area (Å²) in [7, 11) is -1.33. The van der Waals surface area contributed by atoms with Gasteiger partial charge in [0.1, 0.15) is 0 Å². The predicted octanol–water partition coefficient (Wildman–Crippen LogP) is 2.20. The average molecular weight is 382 g/mol. The zero-order valence-electron chi connectivity index (χ0n) is 16.4. The van der Waals surface area contributed by atoms with E-state index in [2.05, 4.69) is 34.6 Å². The Morgan fingerprint density at radius 2 is 1.88 bits per heavy atom. The van der Waals surface area contributed by atoms with E-state index >= 15 is 0 Å². The van der Waals surface area contributed by atoms with Gasteiger partial charge in [-0.05, 0) is 38.8 Å². The Hall–Kier alpha value is -1.60. The standard InChI is InChI=1S/C19H31N3O3S/c1-15(2)25-13-17-8-6-16(7-9-17)12-21-18(20-5)22-10-11-26(23,24)19(3,4)14-22/h6-9,15H,10-14H2,1-5H3,(H,20,21). The average Bonchev–Trinajstić information content (AvgIpc) is 2.57. The molecular weight excluding hydrogens is 350 g/mol. The van der Waals surface area contributed by atoms with Crippen molar-refractivity contribution in [3.63, 3.8) is 0 Å². The molecule has 7 heteroatoms. The summed E-state index contributed by atoms with van der Waals surface area (Å²) in [5, 5.41) is 3.34. The minimum Gasteiger partial charge on any atom is -0.374 e. The number of nitrogens with one attached hydrogen (secondary N) is 1. The first-order valence-electron chi connectivity index (χ1n) is 9.02. The van der Waals surface area contributed by atoms with E-state index in [0.29, 0.717) is 26.2 Å². The van der Waals surface area contributed by atoms with Crippen LogP contribution in [0.15, 0.2) is 29.3 Å². The van der Waals surface area contributed by atoms with Crippen LogP contribution in [0.4, 0.5) is 0 Å². The maximum Gasteiger partial charge on any atom is 0.193 e. The highest BCUT2D eigenvalue weighted by Crippen LogP contribution is 2.23. The van der Waals surface area contributed by atoms with E-state index in [0.717, 1.165) is 17.1 Å². The normalized spacial score (nSPS) is 19.6. The lowest BCUT2D eigenvalue weighted by Gasteiger charge is -2.39. The zero-order chi connectivity index (χ0) is 19.4. The van der Waals surface area contributed by atoms with E-state index in [1.165, 1.54) is 0 Å². The van der Waals surface area contributed by atoms with Crippen molar-refractivity contribution in [1.29, 1.82) is 0 Å². The first-order valence-corrected chi connectivity index (χ1v) is 10.7. The summed E-state index contributed by atoms with van der Waals surface area (Å²) in [6, 6.07) is 8.28. The molecule has 1 N–H and O–H groups in total. The predicted molar refractivity (Wildman–Crippen MR) is 106 cm³/mol. The topological polar surface area (TPSA) is 71.0 Å². The van der Waals surface area contributed by atoms with Crippen molar-refractivity contribution in [1.82, 2.24) is 10.2 Å². The molecule has 0 aromatic heterocycles. The van der Waals surface area contributed by atoms with Gasteiger partial charge in [-0.15, -0.1) is 0 Å². The summed E-state index contributed by atoms with van der Waals surface area (Å²) in [6.07, 6.45) is 0.220. The maximum absolute atomic E-state index is 12.2. The quantitative estimate of drug-likeness (QED) is 0.625. The fraction of sp³-hybridized carbons (Fsp3) is 0.632. The van der Waals surface area contributed by atoms with Gasteiger partial charge in [-0.3, -0.25) is 4.99 Å². The molecule has 1 fully saturated rings. The van der Waals surface area contributed by atoms with Crippen LogP contribution in [0.2, 0.25) is 0 Å². The Morgan fingerprint density at radius 3 is 2.42 bits per heavy atom. The van der Waals surface area contributed by atoms with Crippen molar-refractivity contribution in [3.05, 3.63) is 35.4 Å². The Labute approximate surface area is 157 Å². The number of aliphatic imine (C=N–C) groups is 1. The summed E-state index contributed by atoms with van der Waals surface area (Å²) < 4.78 is 29.2. The van der Waals surface area contributed by atoms with Gasteiger partial charge in [-0.1, -0.05) is 24.3 Å². The van der Waals surface area contributed by atoms with Gasteiger partial charge in [-0.2, -0.15) is 0 Å². The van der Waals surface area contributed by atoms with Gasteiger partial charge in [0.15, 0.2) is 15.8 Å². The Kier molecular flexibility index (Phi) is 6.69. The zero-order valence-corrected chi connectivity index (χ0v) is 17.3. The van der Waals surface area contributed by atoms with Gasteiger partial charge < -0.3 is 15.0 Å². The van der Waals surface area contributed by atoms with Crippen LogP contribution in [0.25, 0.3) is 0 Å². The second-order valence-electron chi connectivity index (χ2n) is 7.58. The monoisotopic (exact) mass is 381 g/mol. The summed E-state index contributed by atoms with van der Waals surface area (Å²) >= 11 is 0. The number of nitrogens with zero attached hydrogens (tertiary/aromatic N) is 2. The molecule has 1 heterocycles. The lowest BCUT2D eigenvalue weighted by atomic mass is 10.1. The van der Waals surface area contributed by atoms with E-state index in [4.69, 9.17) is 4.74 Å². The van der Waals surface area contributed by atoms with Crippen LogP contribution in [0.5, 0.6) is 0 Å². The molecule has 26 heavy (non-hydrogen) atoms. The molecule has 0 amide bonds. The number of sulfone groups is 1. The van der Waals surface area contributed by atoms with Crippen LogP contribution in [0, 0.1) is 0 Å². The molecule has 0 saturated carbocycles. The van der Waals surface area contributed by atoms with Crippen LogP contribution in [0.3, 0.4) is 0 Å². The molecule has 0 bridgehead atoms. The van der Waals surface area contributed by atoms with Crippen LogP contribution < -0.4 is 5.32 Å². The molecule has 2 rings (SSSR count). The van der Waals surface area contributed by atoms with E-state index in [1.54, 1.807) is 20.9 Å². The van der Waals surface area contributed by atoms with Gasteiger partial charge in [-0.25, -0.2) is 8.42 Å². The smallest absolute Gasteiger partial charge is 0.193 e. The molecule has 0 spiro atoms. The summed E-state index contributed by atoms with van der Waals surface area (Å²) in [5.74, 6) is 0.894. The molecular formula is C19H31N3O3S. The lowest BCUT2D eigenvalue weighted by Crippen LogP contribution is -2.57. The van der Waals surface area contributed by atoms with Crippen molar-refractivity contribution in [2.75, 3.05) is 25.9 Å². The van der Waals surface area contributed by atoms with Crippen molar-refractivity contribution < 1.29 is 13.2 Å².